The number of carbonyl (C=O) groups excluding carboxylic acids is 1. The summed E-state index contributed by atoms with van der Waals surface area (Å²) in [5.74, 6) is 4.53. The quantitative estimate of drug-likeness (QED) is 0.408. The van der Waals surface area contributed by atoms with E-state index in [1.807, 2.05) is 32.0 Å². The second kappa shape index (κ2) is 13.8. The van der Waals surface area contributed by atoms with Crippen LogP contribution < -0.4 is 14.4 Å². The number of fused-ring (bicyclic) bond motifs is 4. The molecule has 2 N–H and O–H groups in total. The molecule has 1 amide bonds. The van der Waals surface area contributed by atoms with E-state index < -0.39 is 36.3 Å². The number of aliphatic hydroxyl groups is 1. The summed E-state index contributed by atoms with van der Waals surface area (Å²) < 4.78 is 48.3. The third-order valence-electron chi connectivity index (χ3n) is 13.1. The predicted molar refractivity (Wildman–Crippen MR) is 206 cm³/mol. The summed E-state index contributed by atoms with van der Waals surface area (Å²) in [6.45, 7) is 7.32. The van der Waals surface area contributed by atoms with Crippen molar-refractivity contribution < 1.29 is 27.3 Å². The summed E-state index contributed by atoms with van der Waals surface area (Å²) in [6.07, 6.45) is 8.72. The molecule has 3 heterocycles. The Kier molecular flexibility index (Phi) is 10.0. The standard InChI is InChI=1S/C39H54ClN3O6S2/c1-26-7-5-17-39(45,24-42-18-15-32(22-42)51(4,47)48)34-12-9-30(34)21-43-23-38(16-6-8-28-19-31(40)11-13-33(28)38)25-49-36-14-10-29(20-35(36)43)37(44)41-50(3,46)27(26)2/h10-11,13-14,19-20,26-27,30,32,34,45H,3,5-9,12,15-18,21-25H2,1-2,4H3,(H,41,44,46)/t26-,27+,30-,32-,34+,38-,39-,50?/m0/s1. The molecule has 1 saturated carbocycles. The molecular weight excluding hydrogens is 706 g/mol. The van der Waals surface area contributed by atoms with E-state index in [4.69, 9.17) is 16.3 Å². The largest absolute Gasteiger partial charge is 0.490 e. The summed E-state index contributed by atoms with van der Waals surface area (Å²) >= 11 is 6.47. The zero-order valence-electron chi connectivity index (χ0n) is 30.2. The summed E-state index contributed by atoms with van der Waals surface area (Å²) in [4.78, 5) is 18.3. The van der Waals surface area contributed by atoms with Gasteiger partial charge in [-0.25, -0.2) is 12.6 Å². The van der Waals surface area contributed by atoms with Crippen LogP contribution in [0.4, 0.5) is 5.69 Å². The highest BCUT2D eigenvalue weighted by atomic mass is 35.5. The van der Waals surface area contributed by atoms with Gasteiger partial charge in [-0.05, 0) is 130 Å². The number of hydrogen-bond donors (Lipinski definition) is 2. The second-order valence-electron chi connectivity index (χ2n) is 16.5. The number of hydrogen-bond acceptors (Lipinski definition) is 8. The Labute approximate surface area is 309 Å². The maximum Gasteiger partial charge on any atom is 0.262 e. The van der Waals surface area contributed by atoms with Crippen LogP contribution in [0.25, 0.3) is 0 Å². The molecule has 51 heavy (non-hydrogen) atoms. The number of benzene rings is 2. The molecule has 0 aromatic heterocycles. The van der Waals surface area contributed by atoms with Crippen molar-refractivity contribution in [3.63, 3.8) is 0 Å². The van der Waals surface area contributed by atoms with Gasteiger partial charge in [-0.15, -0.1) is 0 Å². The van der Waals surface area contributed by atoms with Gasteiger partial charge < -0.3 is 14.7 Å². The molecule has 9 nitrogen and oxygen atoms in total. The van der Waals surface area contributed by atoms with Crippen molar-refractivity contribution in [2.45, 2.75) is 93.2 Å². The van der Waals surface area contributed by atoms with Crippen molar-refractivity contribution in [2.75, 3.05) is 50.5 Å². The van der Waals surface area contributed by atoms with Crippen molar-refractivity contribution in [2.24, 2.45) is 17.8 Å². The topological polar surface area (TPSA) is 116 Å². The van der Waals surface area contributed by atoms with Crippen LogP contribution in [0.5, 0.6) is 5.75 Å². The number of sulfone groups is 1. The molecule has 2 aliphatic carbocycles. The Bertz CT molecular complexity index is 1890. The van der Waals surface area contributed by atoms with Crippen LogP contribution in [-0.2, 0) is 31.4 Å². The Hall–Kier alpha value is -2.31. The molecule has 7 rings (SSSR count). The van der Waals surface area contributed by atoms with Crippen LogP contribution in [0.3, 0.4) is 0 Å². The maximum absolute atomic E-state index is 13.9. The van der Waals surface area contributed by atoms with Gasteiger partial charge in [0.2, 0.25) is 0 Å². The van der Waals surface area contributed by atoms with Gasteiger partial charge in [-0.3, -0.25) is 14.4 Å². The molecule has 8 atom stereocenters. The van der Waals surface area contributed by atoms with Crippen molar-refractivity contribution in [3.05, 3.63) is 58.1 Å². The van der Waals surface area contributed by atoms with Crippen molar-refractivity contribution in [1.29, 1.82) is 0 Å². The highest BCUT2D eigenvalue weighted by Crippen LogP contribution is 2.49. The lowest BCUT2D eigenvalue weighted by atomic mass is 9.62. The number of ether oxygens (including phenoxy) is 1. The Morgan fingerprint density at radius 1 is 1.08 bits per heavy atom. The van der Waals surface area contributed by atoms with Crippen molar-refractivity contribution in [3.8, 4) is 5.75 Å². The molecule has 1 spiro atoms. The minimum Gasteiger partial charge on any atom is -0.490 e. The first kappa shape index (κ1) is 37.0. The van der Waals surface area contributed by atoms with E-state index in [0.29, 0.717) is 63.5 Å². The average Bonchev–Trinajstić information content (AvgIpc) is 3.47. The number of nitrogens with one attached hydrogen (secondary N) is 1. The van der Waals surface area contributed by atoms with Crippen LogP contribution in [-0.4, -0.2) is 96.1 Å². The van der Waals surface area contributed by atoms with Gasteiger partial charge in [0, 0.05) is 53.7 Å². The molecule has 2 fully saturated rings. The van der Waals surface area contributed by atoms with Gasteiger partial charge in [0.05, 0.1) is 32.9 Å². The van der Waals surface area contributed by atoms with E-state index >= 15 is 0 Å². The molecular formula is C39H54ClN3O6S2. The normalized spacial score (nSPS) is 36.3. The molecule has 1 saturated heterocycles. The van der Waals surface area contributed by atoms with E-state index in [-0.39, 0.29) is 28.4 Å². The molecule has 5 aliphatic rings. The molecule has 2 aromatic carbocycles. The lowest BCUT2D eigenvalue weighted by Crippen LogP contribution is -2.56. The number of β-amino-alcohol motifs (C(OH)–C–C–N with tert-alkyl or cyclic N) is 1. The zero-order valence-corrected chi connectivity index (χ0v) is 32.6. The minimum atomic E-state index is -3.17. The highest BCUT2D eigenvalue weighted by Gasteiger charge is 2.50. The number of likely N-dealkylation sites (tertiary alicyclic amines) is 1. The van der Waals surface area contributed by atoms with Gasteiger partial charge in [0.1, 0.15) is 5.75 Å². The number of rotatable bonds is 3. The fourth-order valence-electron chi connectivity index (χ4n) is 9.74. The number of nitrogens with zero attached hydrogens (tertiary/aromatic N) is 2. The third kappa shape index (κ3) is 7.31. The second-order valence-corrected chi connectivity index (χ2v) is 21.7. The minimum absolute atomic E-state index is 0.00794. The molecule has 2 bridgehead atoms. The Balaban J connectivity index is 1.28. The number of halogens is 1. The zero-order chi connectivity index (χ0) is 36.3. The molecule has 0 radical (unpaired) electrons. The monoisotopic (exact) mass is 759 g/mol. The molecule has 2 aromatic rings. The molecule has 1 unspecified atom stereocenters. The summed E-state index contributed by atoms with van der Waals surface area (Å²) in [5.41, 5.74) is 2.45. The molecule has 12 heteroatoms. The van der Waals surface area contributed by atoms with Crippen LogP contribution >= 0.6 is 11.6 Å². The number of carbonyl (C=O) groups is 1. The fourth-order valence-corrected chi connectivity index (χ4v) is 12.5. The smallest absolute Gasteiger partial charge is 0.262 e. The summed E-state index contributed by atoms with van der Waals surface area (Å²) in [6, 6.07) is 11.7. The van der Waals surface area contributed by atoms with E-state index in [1.54, 1.807) is 6.07 Å². The first-order chi connectivity index (χ1) is 24.1. The summed E-state index contributed by atoms with van der Waals surface area (Å²) in [7, 11) is -6.16. The fraction of sp³-hybridized carbons (Fsp3) is 0.641. The predicted octanol–water partition coefficient (Wildman–Crippen LogP) is 5.26. The lowest BCUT2D eigenvalue weighted by Gasteiger charge is -2.51. The van der Waals surface area contributed by atoms with Gasteiger partial charge >= 0.3 is 0 Å². The van der Waals surface area contributed by atoms with Gasteiger partial charge in [-0.1, -0.05) is 31.0 Å². The molecule has 3 aliphatic heterocycles. The van der Waals surface area contributed by atoms with Crippen LogP contribution in [0.1, 0.15) is 86.7 Å². The van der Waals surface area contributed by atoms with Crippen molar-refractivity contribution in [1.82, 2.24) is 9.62 Å². The van der Waals surface area contributed by atoms with Crippen molar-refractivity contribution >= 4 is 48.6 Å². The maximum atomic E-state index is 13.9. The van der Waals surface area contributed by atoms with Gasteiger partial charge in [-0.2, -0.15) is 0 Å². The third-order valence-corrected chi connectivity index (χ3v) is 17.2. The van der Waals surface area contributed by atoms with Gasteiger partial charge in [0.15, 0.2) is 9.84 Å². The number of amides is 1. The Morgan fingerprint density at radius 2 is 1.88 bits per heavy atom. The average molecular weight is 760 g/mol. The summed E-state index contributed by atoms with van der Waals surface area (Å²) in [5, 5.41) is 12.7. The van der Waals surface area contributed by atoms with Gasteiger partial charge in [0.25, 0.3) is 5.91 Å². The first-order valence-electron chi connectivity index (χ1n) is 18.7. The Morgan fingerprint density at radius 3 is 2.61 bits per heavy atom. The van der Waals surface area contributed by atoms with Crippen LogP contribution in [0.15, 0.2) is 36.4 Å². The van der Waals surface area contributed by atoms with E-state index in [2.05, 4.69) is 32.5 Å². The number of anilines is 1. The van der Waals surface area contributed by atoms with E-state index in [1.165, 1.54) is 17.4 Å². The highest BCUT2D eigenvalue weighted by molar-refractivity contribution is 7.99. The molecule has 280 valence electrons. The van der Waals surface area contributed by atoms with E-state index in [0.717, 1.165) is 55.7 Å². The number of aryl methyl sites for hydroxylation is 1. The lowest BCUT2D eigenvalue weighted by molar-refractivity contribution is -0.103. The SMILES string of the molecule is C=S1(=O)NC(=O)c2ccc3c(c2)N(C[C@@H]2CC[C@H]2[C@@](O)(CN2CC[C@H](S(C)(=O)=O)C2)CCC[C@H](C)[C@H]1C)C[C@@]1(CCCc2cc(Cl)ccc21)CO3. The van der Waals surface area contributed by atoms with Crippen LogP contribution in [0.2, 0.25) is 5.02 Å². The first-order valence-corrected chi connectivity index (χ1v) is 22.8. The van der Waals surface area contributed by atoms with E-state index in [9.17, 15) is 22.5 Å². The van der Waals surface area contributed by atoms with Crippen LogP contribution in [0, 0.1) is 17.8 Å².